The minimum atomic E-state index is -0.991. The Bertz CT molecular complexity index is 342. The number of nitrogens with one attached hydrogen (secondary N) is 1. The highest BCUT2D eigenvalue weighted by Crippen LogP contribution is 2.35. The van der Waals surface area contributed by atoms with Crippen LogP contribution in [-0.4, -0.2) is 12.8 Å². The van der Waals surface area contributed by atoms with Crippen LogP contribution in [0.4, 0.5) is 0 Å². The first kappa shape index (κ1) is 8.53. The number of halogens is 1. The molecule has 0 fully saturated rings. The Balaban J connectivity index is 2.54. The number of hydroxylamine groups is 1. The number of para-hydroxylation sites is 1. The number of rotatable bonds is 1. The van der Waals surface area contributed by atoms with Crippen molar-refractivity contribution in [3.05, 3.63) is 29.8 Å². The Morgan fingerprint density at radius 2 is 2.31 bits per heavy atom. The molecule has 1 unspecified atom stereocenters. The molecule has 4 heteroatoms. The van der Waals surface area contributed by atoms with Crippen molar-refractivity contribution in [3.8, 4) is 5.75 Å². The second-order valence-corrected chi connectivity index (χ2v) is 3.57. The first-order chi connectivity index (χ1) is 6.26. The minimum Gasteiger partial charge on any atom is -0.408 e. The van der Waals surface area contributed by atoms with Gasteiger partial charge in [-0.3, -0.25) is 0 Å². The van der Waals surface area contributed by atoms with E-state index < -0.39 is 4.87 Å². The van der Waals surface area contributed by atoms with Gasteiger partial charge in [-0.05, 0) is 6.07 Å². The fourth-order valence-corrected chi connectivity index (χ4v) is 1.53. The Kier molecular flexibility index (Phi) is 1.98. The van der Waals surface area contributed by atoms with Gasteiger partial charge in [-0.1, -0.05) is 18.2 Å². The van der Waals surface area contributed by atoms with Crippen LogP contribution in [0.15, 0.2) is 24.3 Å². The molecular formula is C9H8ClNO2. The first-order valence-corrected chi connectivity index (χ1v) is 4.28. The van der Waals surface area contributed by atoms with E-state index >= 15 is 0 Å². The SMILES string of the molecule is O=CC1(Cl)CNOc2ccccc21. The third kappa shape index (κ3) is 1.30. The highest BCUT2D eigenvalue weighted by Gasteiger charge is 2.35. The molecule has 1 aliphatic rings. The second kappa shape index (κ2) is 3.01. The number of carbonyl (C=O) groups excluding carboxylic acids is 1. The highest BCUT2D eigenvalue weighted by molar-refractivity contribution is 6.32. The predicted octanol–water partition coefficient (Wildman–Crippen LogP) is 1.22. The zero-order valence-corrected chi connectivity index (χ0v) is 7.54. The van der Waals surface area contributed by atoms with Crippen LogP contribution in [0.5, 0.6) is 5.75 Å². The van der Waals surface area contributed by atoms with Crippen molar-refractivity contribution in [1.29, 1.82) is 0 Å². The van der Waals surface area contributed by atoms with E-state index in [1.807, 2.05) is 12.1 Å². The molecule has 13 heavy (non-hydrogen) atoms. The number of fused-ring (bicyclic) bond motifs is 1. The fourth-order valence-electron chi connectivity index (χ4n) is 1.32. The van der Waals surface area contributed by atoms with E-state index in [0.717, 1.165) is 6.29 Å². The molecule has 1 atom stereocenters. The Labute approximate surface area is 80.6 Å². The lowest BCUT2D eigenvalue weighted by molar-refractivity contribution is -0.111. The molecule has 3 nitrogen and oxygen atoms in total. The smallest absolute Gasteiger partial charge is 0.152 e. The van der Waals surface area contributed by atoms with E-state index in [0.29, 0.717) is 11.3 Å². The Morgan fingerprint density at radius 3 is 3.08 bits per heavy atom. The van der Waals surface area contributed by atoms with Gasteiger partial charge in [0.05, 0.1) is 6.54 Å². The van der Waals surface area contributed by atoms with Crippen LogP contribution >= 0.6 is 11.6 Å². The summed E-state index contributed by atoms with van der Waals surface area (Å²) in [5, 5.41) is 0. The van der Waals surface area contributed by atoms with Crippen LogP contribution < -0.4 is 10.3 Å². The zero-order valence-electron chi connectivity index (χ0n) is 6.79. The summed E-state index contributed by atoms with van der Waals surface area (Å²) in [6.07, 6.45) is 0.725. The van der Waals surface area contributed by atoms with E-state index in [1.165, 1.54) is 0 Å². The lowest BCUT2D eigenvalue weighted by Gasteiger charge is -2.28. The number of alkyl halides is 1. The quantitative estimate of drug-likeness (QED) is 0.544. The number of hydrogen-bond acceptors (Lipinski definition) is 3. The van der Waals surface area contributed by atoms with Crippen LogP contribution in [-0.2, 0) is 9.67 Å². The van der Waals surface area contributed by atoms with Crippen molar-refractivity contribution < 1.29 is 9.63 Å². The van der Waals surface area contributed by atoms with Gasteiger partial charge >= 0.3 is 0 Å². The Morgan fingerprint density at radius 1 is 1.54 bits per heavy atom. The van der Waals surface area contributed by atoms with E-state index in [9.17, 15) is 4.79 Å². The summed E-state index contributed by atoms with van der Waals surface area (Å²) in [4.78, 5) is 15.0. The average molecular weight is 198 g/mol. The van der Waals surface area contributed by atoms with Gasteiger partial charge in [0.15, 0.2) is 5.75 Å². The van der Waals surface area contributed by atoms with Gasteiger partial charge in [-0.25, -0.2) is 0 Å². The maximum Gasteiger partial charge on any atom is 0.152 e. The largest absolute Gasteiger partial charge is 0.408 e. The normalized spacial score (nSPS) is 25.9. The molecule has 0 amide bonds. The number of aldehydes is 1. The molecule has 0 saturated carbocycles. The van der Waals surface area contributed by atoms with Crippen LogP contribution in [0, 0.1) is 0 Å². The molecule has 0 radical (unpaired) electrons. The molecular weight excluding hydrogens is 190 g/mol. The van der Waals surface area contributed by atoms with Crippen molar-refractivity contribution in [3.63, 3.8) is 0 Å². The van der Waals surface area contributed by atoms with E-state index in [4.69, 9.17) is 16.4 Å². The maximum atomic E-state index is 10.8. The molecule has 1 aromatic rings. The Hall–Kier alpha value is -1.06. The third-order valence-electron chi connectivity index (χ3n) is 2.03. The fraction of sp³-hybridized carbons (Fsp3) is 0.222. The van der Waals surface area contributed by atoms with Crippen molar-refractivity contribution in [2.24, 2.45) is 0 Å². The van der Waals surface area contributed by atoms with E-state index in [1.54, 1.807) is 12.1 Å². The molecule has 68 valence electrons. The van der Waals surface area contributed by atoms with Crippen molar-refractivity contribution >= 4 is 17.9 Å². The van der Waals surface area contributed by atoms with Crippen molar-refractivity contribution in [1.82, 2.24) is 5.48 Å². The molecule has 0 bridgehead atoms. The standard InChI is InChI=1S/C9H8ClNO2/c10-9(6-12)5-11-13-8-4-2-1-3-7(8)9/h1-4,6,11H,5H2. The molecule has 1 aliphatic heterocycles. The summed E-state index contributed by atoms with van der Waals surface area (Å²) in [6.45, 7) is 0.287. The van der Waals surface area contributed by atoms with Gasteiger partial charge in [-0.2, -0.15) is 5.48 Å². The van der Waals surface area contributed by atoms with Gasteiger partial charge in [0, 0.05) is 5.56 Å². The molecule has 0 spiro atoms. The first-order valence-electron chi connectivity index (χ1n) is 3.91. The predicted molar refractivity (Wildman–Crippen MR) is 48.7 cm³/mol. The summed E-state index contributed by atoms with van der Waals surface area (Å²) < 4.78 is 0. The lowest BCUT2D eigenvalue weighted by atomic mass is 9.98. The summed E-state index contributed by atoms with van der Waals surface area (Å²) in [5.74, 6) is 0.607. The van der Waals surface area contributed by atoms with Crippen LogP contribution in [0.25, 0.3) is 0 Å². The van der Waals surface area contributed by atoms with Crippen molar-refractivity contribution in [2.45, 2.75) is 4.87 Å². The van der Waals surface area contributed by atoms with Gasteiger partial charge in [-0.15, -0.1) is 11.6 Å². The summed E-state index contributed by atoms with van der Waals surface area (Å²) in [7, 11) is 0. The molecule has 2 rings (SSSR count). The minimum absolute atomic E-state index is 0.287. The van der Waals surface area contributed by atoms with Gasteiger partial charge < -0.3 is 9.63 Å². The van der Waals surface area contributed by atoms with E-state index in [-0.39, 0.29) is 6.54 Å². The van der Waals surface area contributed by atoms with Gasteiger partial charge in [0.25, 0.3) is 0 Å². The molecule has 0 aliphatic carbocycles. The van der Waals surface area contributed by atoms with E-state index in [2.05, 4.69) is 5.48 Å². The van der Waals surface area contributed by atoms with Crippen LogP contribution in [0.2, 0.25) is 0 Å². The zero-order chi connectivity index (χ0) is 9.31. The van der Waals surface area contributed by atoms with Crippen LogP contribution in [0.1, 0.15) is 5.56 Å². The third-order valence-corrected chi connectivity index (χ3v) is 2.46. The maximum absolute atomic E-state index is 10.8. The van der Waals surface area contributed by atoms with Gasteiger partial charge in [0.1, 0.15) is 11.2 Å². The average Bonchev–Trinajstić information content (AvgIpc) is 2.19. The van der Waals surface area contributed by atoms with Crippen molar-refractivity contribution in [2.75, 3.05) is 6.54 Å². The topological polar surface area (TPSA) is 38.3 Å². The second-order valence-electron chi connectivity index (χ2n) is 2.90. The lowest BCUT2D eigenvalue weighted by Crippen LogP contribution is -2.41. The summed E-state index contributed by atoms with van der Waals surface area (Å²) >= 11 is 6.08. The highest BCUT2D eigenvalue weighted by atomic mass is 35.5. The van der Waals surface area contributed by atoms with Gasteiger partial charge in [0.2, 0.25) is 0 Å². The number of benzene rings is 1. The number of hydrogen-bond donors (Lipinski definition) is 1. The summed E-state index contributed by atoms with van der Waals surface area (Å²) in [5.41, 5.74) is 3.33. The molecule has 1 N–H and O–H groups in total. The molecule has 0 saturated heterocycles. The summed E-state index contributed by atoms with van der Waals surface area (Å²) in [6, 6.07) is 7.21. The number of carbonyl (C=O) groups is 1. The van der Waals surface area contributed by atoms with Crippen LogP contribution in [0.3, 0.4) is 0 Å². The molecule has 1 heterocycles. The molecule has 1 aromatic carbocycles. The molecule has 0 aromatic heterocycles. The monoisotopic (exact) mass is 197 g/mol.